The van der Waals surface area contributed by atoms with E-state index in [1.54, 1.807) is 17.0 Å². The lowest BCUT2D eigenvalue weighted by Gasteiger charge is -2.38. The van der Waals surface area contributed by atoms with Crippen LogP contribution >= 0.6 is 23.2 Å². The largest absolute Gasteiger partial charge is 0.444 e. The summed E-state index contributed by atoms with van der Waals surface area (Å²) in [5, 5.41) is 10.6. The molecule has 1 aliphatic rings. The van der Waals surface area contributed by atoms with E-state index in [9.17, 15) is 10.1 Å². The summed E-state index contributed by atoms with van der Waals surface area (Å²) in [7, 11) is 0. The summed E-state index contributed by atoms with van der Waals surface area (Å²) in [6.45, 7) is 6.40. The van der Waals surface area contributed by atoms with E-state index in [1.165, 1.54) is 0 Å². The SMILES string of the molecule is CC(C)(C)OC(=O)N1CCC(C#N)(c2cccc(Cl)c2Cl)CC1. The average molecular weight is 355 g/mol. The van der Waals surface area contributed by atoms with Crippen molar-refractivity contribution in [3.05, 3.63) is 33.8 Å². The lowest BCUT2D eigenvalue weighted by atomic mass is 9.74. The highest BCUT2D eigenvalue weighted by molar-refractivity contribution is 6.42. The van der Waals surface area contributed by atoms with Crippen LogP contribution in [0.15, 0.2) is 18.2 Å². The third-order valence-corrected chi connectivity index (χ3v) is 4.77. The molecule has 0 N–H and O–H groups in total. The second-order valence-corrected chi connectivity index (χ2v) is 7.55. The fourth-order valence-electron chi connectivity index (χ4n) is 2.71. The minimum Gasteiger partial charge on any atom is -0.444 e. The Balaban J connectivity index is 2.16. The van der Waals surface area contributed by atoms with Crippen LogP contribution in [0.4, 0.5) is 4.79 Å². The van der Waals surface area contributed by atoms with Gasteiger partial charge in [-0.2, -0.15) is 5.26 Å². The predicted octanol–water partition coefficient (Wildman–Crippen LogP) is 4.79. The van der Waals surface area contributed by atoms with Crippen LogP contribution < -0.4 is 0 Å². The van der Waals surface area contributed by atoms with Crippen molar-refractivity contribution in [2.75, 3.05) is 13.1 Å². The van der Waals surface area contributed by atoms with E-state index >= 15 is 0 Å². The summed E-state index contributed by atoms with van der Waals surface area (Å²) in [5.74, 6) is 0. The van der Waals surface area contributed by atoms with Gasteiger partial charge in [0.05, 0.1) is 21.5 Å². The van der Waals surface area contributed by atoms with Gasteiger partial charge in [0.2, 0.25) is 0 Å². The molecule has 0 radical (unpaired) electrons. The Kier molecular flexibility index (Phi) is 5.13. The van der Waals surface area contributed by atoms with Gasteiger partial charge in [-0.15, -0.1) is 0 Å². The average Bonchev–Trinajstić information content (AvgIpc) is 2.48. The first kappa shape index (κ1) is 17.9. The van der Waals surface area contributed by atoms with Crippen molar-refractivity contribution in [2.24, 2.45) is 0 Å². The molecule has 1 aliphatic heterocycles. The Bertz CT molecular complexity index is 639. The van der Waals surface area contributed by atoms with Crippen molar-refractivity contribution >= 4 is 29.3 Å². The normalized spacial score (nSPS) is 17.5. The first-order valence-corrected chi connectivity index (χ1v) is 8.28. The standard InChI is InChI=1S/C17H20Cl2N2O2/c1-16(2,3)23-15(22)21-9-7-17(11-20,8-10-21)12-5-4-6-13(18)14(12)19/h4-6H,7-10H2,1-3H3. The maximum absolute atomic E-state index is 12.1. The van der Waals surface area contributed by atoms with E-state index in [4.69, 9.17) is 27.9 Å². The number of nitrogens with zero attached hydrogens (tertiary/aromatic N) is 2. The highest BCUT2D eigenvalue weighted by atomic mass is 35.5. The van der Waals surface area contributed by atoms with Crippen LogP contribution in [0.2, 0.25) is 10.0 Å². The molecule has 0 bridgehead atoms. The number of carbonyl (C=O) groups is 1. The summed E-state index contributed by atoms with van der Waals surface area (Å²) < 4.78 is 5.38. The molecule has 1 aromatic rings. The van der Waals surface area contributed by atoms with Crippen molar-refractivity contribution in [3.63, 3.8) is 0 Å². The molecule has 4 nitrogen and oxygen atoms in total. The summed E-state index contributed by atoms with van der Waals surface area (Å²) >= 11 is 12.4. The van der Waals surface area contributed by atoms with Gasteiger partial charge in [-0.3, -0.25) is 0 Å². The molecule has 1 heterocycles. The fraction of sp³-hybridized carbons (Fsp3) is 0.529. The summed E-state index contributed by atoms with van der Waals surface area (Å²) in [4.78, 5) is 13.8. The van der Waals surface area contributed by atoms with E-state index in [1.807, 2.05) is 26.8 Å². The van der Waals surface area contributed by atoms with E-state index in [-0.39, 0.29) is 6.09 Å². The van der Waals surface area contributed by atoms with Gasteiger partial charge in [0.1, 0.15) is 5.60 Å². The van der Waals surface area contributed by atoms with E-state index < -0.39 is 11.0 Å². The molecular formula is C17H20Cl2N2O2. The summed E-state index contributed by atoms with van der Waals surface area (Å²) in [6.07, 6.45) is 0.659. The molecule has 6 heteroatoms. The number of halogens is 2. The number of hydrogen-bond acceptors (Lipinski definition) is 3. The maximum atomic E-state index is 12.1. The third-order valence-electron chi connectivity index (χ3n) is 3.95. The Morgan fingerprint density at radius 2 is 1.91 bits per heavy atom. The number of likely N-dealkylation sites (tertiary alicyclic amines) is 1. The molecule has 0 unspecified atom stereocenters. The molecule has 1 aromatic carbocycles. The Morgan fingerprint density at radius 1 is 1.30 bits per heavy atom. The zero-order valence-corrected chi connectivity index (χ0v) is 15.0. The second kappa shape index (κ2) is 6.59. The molecule has 1 saturated heterocycles. The van der Waals surface area contributed by atoms with E-state index in [2.05, 4.69) is 6.07 Å². The molecule has 2 rings (SSSR count). The molecule has 0 saturated carbocycles. The monoisotopic (exact) mass is 354 g/mol. The number of rotatable bonds is 1. The summed E-state index contributed by atoms with van der Waals surface area (Å²) in [6, 6.07) is 7.72. The zero-order chi connectivity index (χ0) is 17.3. The number of amides is 1. The van der Waals surface area contributed by atoms with Crippen LogP contribution in [0, 0.1) is 11.3 Å². The van der Waals surface area contributed by atoms with Crippen molar-refractivity contribution in [1.29, 1.82) is 5.26 Å². The molecule has 0 aromatic heterocycles. The van der Waals surface area contributed by atoms with Gasteiger partial charge in [0.25, 0.3) is 0 Å². The first-order chi connectivity index (χ1) is 10.7. The van der Waals surface area contributed by atoms with Gasteiger partial charge in [0, 0.05) is 13.1 Å². The molecule has 0 spiro atoms. The molecule has 1 amide bonds. The van der Waals surface area contributed by atoms with Gasteiger partial charge in [0.15, 0.2) is 0 Å². The van der Waals surface area contributed by atoms with Crippen LogP contribution in [0.3, 0.4) is 0 Å². The number of carbonyl (C=O) groups excluding carboxylic acids is 1. The second-order valence-electron chi connectivity index (χ2n) is 6.76. The highest BCUT2D eigenvalue weighted by Crippen LogP contribution is 2.41. The minimum absolute atomic E-state index is 0.346. The van der Waals surface area contributed by atoms with Crippen molar-refractivity contribution in [3.8, 4) is 6.07 Å². The van der Waals surface area contributed by atoms with Gasteiger partial charge in [-0.05, 0) is 45.2 Å². The Labute approximate surface area is 146 Å². The van der Waals surface area contributed by atoms with Crippen LogP contribution in [0.1, 0.15) is 39.2 Å². The zero-order valence-electron chi connectivity index (χ0n) is 13.5. The quantitative estimate of drug-likeness (QED) is 0.728. The number of benzene rings is 1. The highest BCUT2D eigenvalue weighted by Gasteiger charge is 2.40. The van der Waals surface area contributed by atoms with Gasteiger partial charge in [-0.1, -0.05) is 35.3 Å². The van der Waals surface area contributed by atoms with Crippen LogP contribution in [-0.2, 0) is 10.2 Å². The number of piperidine rings is 1. The van der Waals surface area contributed by atoms with Crippen molar-refractivity contribution in [1.82, 2.24) is 4.90 Å². The maximum Gasteiger partial charge on any atom is 0.410 e. The first-order valence-electron chi connectivity index (χ1n) is 7.52. The molecular weight excluding hydrogens is 335 g/mol. The van der Waals surface area contributed by atoms with Crippen LogP contribution in [0.25, 0.3) is 0 Å². The van der Waals surface area contributed by atoms with E-state index in [0.29, 0.717) is 36.0 Å². The van der Waals surface area contributed by atoms with Crippen molar-refractivity contribution < 1.29 is 9.53 Å². The van der Waals surface area contributed by atoms with Crippen molar-refractivity contribution in [2.45, 2.75) is 44.6 Å². The molecule has 23 heavy (non-hydrogen) atoms. The lowest BCUT2D eigenvalue weighted by molar-refractivity contribution is 0.0185. The molecule has 0 atom stereocenters. The van der Waals surface area contributed by atoms with Gasteiger partial charge < -0.3 is 9.64 Å². The number of nitriles is 1. The summed E-state index contributed by atoms with van der Waals surface area (Å²) in [5.41, 5.74) is -0.518. The van der Waals surface area contributed by atoms with Gasteiger partial charge >= 0.3 is 6.09 Å². The topological polar surface area (TPSA) is 53.3 Å². The molecule has 124 valence electrons. The smallest absolute Gasteiger partial charge is 0.410 e. The lowest BCUT2D eigenvalue weighted by Crippen LogP contribution is -2.46. The number of ether oxygens (including phenoxy) is 1. The molecule has 0 aliphatic carbocycles. The minimum atomic E-state index is -0.722. The van der Waals surface area contributed by atoms with Crippen LogP contribution in [0.5, 0.6) is 0 Å². The Morgan fingerprint density at radius 3 is 2.43 bits per heavy atom. The molecule has 1 fully saturated rings. The Hall–Kier alpha value is -1.44. The van der Waals surface area contributed by atoms with E-state index in [0.717, 1.165) is 5.56 Å². The van der Waals surface area contributed by atoms with Crippen LogP contribution in [-0.4, -0.2) is 29.7 Å². The predicted molar refractivity (Wildman–Crippen MR) is 90.8 cm³/mol. The third kappa shape index (κ3) is 3.91. The van der Waals surface area contributed by atoms with Gasteiger partial charge in [-0.25, -0.2) is 4.79 Å². The fourth-order valence-corrected chi connectivity index (χ4v) is 3.19. The number of hydrogen-bond donors (Lipinski definition) is 0.